The first-order chi connectivity index (χ1) is 13.2. The molecule has 0 saturated carbocycles. The molecule has 0 unspecified atom stereocenters. The third-order valence-corrected chi connectivity index (χ3v) is 5.59. The van der Waals surface area contributed by atoms with Crippen molar-refractivity contribution in [1.29, 1.82) is 0 Å². The second kappa shape index (κ2) is 11.5. The molecular weight excluding hydrogens is 481 g/mol. The summed E-state index contributed by atoms with van der Waals surface area (Å²) in [5.41, 5.74) is 2.44. The van der Waals surface area contributed by atoms with E-state index in [4.69, 9.17) is 0 Å². The Bertz CT molecular complexity index is 742. The molecule has 0 amide bonds. The zero-order valence-corrected chi connectivity index (χ0v) is 20.0. The highest BCUT2D eigenvalue weighted by molar-refractivity contribution is 14.0. The normalized spacial score (nSPS) is 14.0. The number of pyridine rings is 1. The quantitative estimate of drug-likeness (QED) is 0.272. The number of rotatable bonds is 6. The van der Waals surface area contributed by atoms with E-state index in [9.17, 15) is 0 Å². The number of anilines is 1. The van der Waals surface area contributed by atoms with Crippen LogP contribution in [0.25, 0.3) is 0 Å². The smallest absolute Gasteiger partial charge is 0.193 e. The SMILES string of the molecule is CN=C(NCc1ccc(N2CCCC2)nc1)N(C)Cc1ccc(SC)cc1.I. The highest BCUT2D eigenvalue weighted by Gasteiger charge is 2.13. The fraction of sp³-hybridized carbons (Fsp3) is 0.429. The molecule has 0 bridgehead atoms. The van der Waals surface area contributed by atoms with E-state index >= 15 is 0 Å². The summed E-state index contributed by atoms with van der Waals surface area (Å²) < 4.78 is 0. The highest BCUT2D eigenvalue weighted by atomic mass is 127. The minimum atomic E-state index is 0. The van der Waals surface area contributed by atoms with Gasteiger partial charge in [0.05, 0.1) is 0 Å². The van der Waals surface area contributed by atoms with Crippen LogP contribution in [0, 0.1) is 0 Å². The monoisotopic (exact) mass is 511 g/mol. The summed E-state index contributed by atoms with van der Waals surface area (Å²) in [6.07, 6.45) is 6.61. The lowest BCUT2D eigenvalue weighted by molar-refractivity contribution is 0.476. The molecular formula is C21H30IN5S. The first-order valence-electron chi connectivity index (χ1n) is 9.44. The summed E-state index contributed by atoms with van der Waals surface area (Å²) in [7, 11) is 3.89. The van der Waals surface area contributed by atoms with Crippen molar-refractivity contribution in [3.05, 3.63) is 53.7 Å². The Morgan fingerprint density at radius 2 is 1.82 bits per heavy atom. The number of nitrogens with one attached hydrogen (secondary N) is 1. The van der Waals surface area contributed by atoms with Crippen LogP contribution in [-0.4, -0.2) is 49.3 Å². The predicted molar refractivity (Wildman–Crippen MR) is 131 cm³/mol. The van der Waals surface area contributed by atoms with E-state index in [0.717, 1.165) is 43.5 Å². The van der Waals surface area contributed by atoms with Crippen LogP contribution in [0.3, 0.4) is 0 Å². The molecule has 1 aromatic carbocycles. The van der Waals surface area contributed by atoms with Crippen molar-refractivity contribution in [2.45, 2.75) is 30.8 Å². The lowest BCUT2D eigenvalue weighted by atomic mass is 10.2. The minimum absolute atomic E-state index is 0. The van der Waals surface area contributed by atoms with Crippen LogP contribution < -0.4 is 10.2 Å². The molecule has 7 heteroatoms. The zero-order chi connectivity index (χ0) is 19.1. The van der Waals surface area contributed by atoms with Gasteiger partial charge in [-0.3, -0.25) is 4.99 Å². The van der Waals surface area contributed by atoms with Crippen molar-refractivity contribution in [3.8, 4) is 0 Å². The molecule has 0 spiro atoms. The molecule has 3 rings (SSSR count). The van der Waals surface area contributed by atoms with Crippen molar-refractivity contribution < 1.29 is 0 Å². The van der Waals surface area contributed by atoms with Crippen molar-refractivity contribution in [2.75, 3.05) is 38.3 Å². The Hall–Kier alpha value is -1.48. The standard InChI is InChI=1S/C21H29N5S.HI/c1-22-21(25(2)16-17-6-9-19(27-3)10-7-17)24-15-18-8-11-20(23-14-18)26-12-4-5-13-26;/h6-11,14H,4-5,12-13,15-16H2,1-3H3,(H,22,24);1H. The second-order valence-electron chi connectivity index (χ2n) is 6.82. The van der Waals surface area contributed by atoms with Crippen molar-refractivity contribution in [1.82, 2.24) is 15.2 Å². The molecule has 28 heavy (non-hydrogen) atoms. The van der Waals surface area contributed by atoms with E-state index in [1.165, 1.54) is 23.3 Å². The van der Waals surface area contributed by atoms with Crippen LogP contribution in [0.4, 0.5) is 5.82 Å². The number of hydrogen-bond acceptors (Lipinski definition) is 4. The van der Waals surface area contributed by atoms with E-state index in [0.29, 0.717) is 0 Å². The molecule has 1 fully saturated rings. The van der Waals surface area contributed by atoms with Gasteiger partial charge >= 0.3 is 0 Å². The number of hydrogen-bond donors (Lipinski definition) is 1. The van der Waals surface area contributed by atoms with Gasteiger partial charge in [-0.05, 0) is 48.4 Å². The number of thioether (sulfide) groups is 1. The minimum Gasteiger partial charge on any atom is -0.357 e. The Morgan fingerprint density at radius 1 is 1.14 bits per heavy atom. The number of aromatic nitrogens is 1. The molecule has 0 aliphatic carbocycles. The number of guanidine groups is 1. The van der Waals surface area contributed by atoms with Crippen LogP contribution in [0.1, 0.15) is 24.0 Å². The van der Waals surface area contributed by atoms with Gasteiger partial charge in [0.25, 0.3) is 0 Å². The third kappa shape index (κ3) is 6.27. The number of halogens is 1. The van der Waals surface area contributed by atoms with Gasteiger partial charge in [0.2, 0.25) is 0 Å². The predicted octanol–water partition coefficient (Wildman–Crippen LogP) is 4.23. The topological polar surface area (TPSA) is 43.8 Å². The first-order valence-corrected chi connectivity index (χ1v) is 10.7. The van der Waals surface area contributed by atoms with Crippen molar-refractivity contribution >= 4 is 47.5 Å². The molecule has 1 aromatic heterocycles. The Kier molecular flexibility index (Phi) is 9.37. The number of nitrogens with zero attached hydrogens (tertiary/aromatic N) is 4. The maximum absolute atomic E-state index is 4.62. The van der Waals surface area contributed by atoms with E-state index in [-0.39, 0.29) is 24.0 Å². The summed E-state index contributed by atoms with van der Waals surface area (Å²) in [4.78, 5) is 14.8. The van der Waals surface area contributed by atoms with Gasteiger partial charge in [-0.25, -0.2) is 4.98 Å². The third-order valence-electron chi connectivity index (χ3n) is 4.84. The highest BCUT2D eigenvalue weighted by Crippen LogP contribution is 2.18. The van der Waals surface area contributed by atoms with Gasteiger partial charge < -0.3 is 15.1 Å². The molecule has 5 nitrogen and oxygen atoms in total. The Labute approximate surface area is 190 Å². The molecule has 0 radical (unpaired) electrons. The van der Waals surface area contributed by atoms with Gasteiger partial charge in [-0.1, -0.05) is 18.2 Å². The van der Waals surface area contributed by atoms with Crippen LogP contribution in [0.15, 0.2) is 52.5 Å². The van der Waals surface area contributed by atoms with Gasteiger partial charge in [-0.15, -0.1) is 35.7 Å². The molecule has 1 aliphatic heterocycles. The van der Waals surface area contributed by atoms with Crippen LogP contribution in [0.2, 0.25) is 0 Å². The molecule has 2 aromatic rings. The van der Waals surface area contributed by atoms with Crippen molar-refractivity contribution in [2.24, 2.45) is 4.99 Å². The molecule has 1 N–H and O–H groups in total. The number of aliphatic imine (C=N–C) groups is 1. The lowest BCUT2D eigenvalue weighted by Gasteiger charge is -2.22. The second-order valence-corrected chi connectivity index (χ2v) is 7.70. The molecule has 0 atom stereocenters. The first kappa shape index (κ1) is 22.8. The van der Waals surface area contributed by atoms with E-state index in [1.807, 2.05) is 13.2 Å². The fourth-order valence-corrected chi connectivity index (χ4v) is 3.71. The Balaban J connectivity index is 0.00000280. The maximum atomic E-state index is 4.62. The van der Waals surface area contributed by atoms with Gasteiger partial charge in [-0.2, -0.15) is 0 Å². The average Bonchev–Trinajstić information content (AvgIpc) is 3.24. The van der Waals surface area contributed by atoms with E-state index < -0.39 is 0 Å². The lowest BCUT2D eigenvalue weighted by Crippen LogP contribution is -2.38. The van der Waals surface area contributed by atoms with Gasteiger partial charge in [0, 0.05) is 51.4 Å². The zero-order valence-electron chi connectivity index (χ0n) is 16.9. The summed E-state index contributed by atoms with van der Waals surface area (Å²) in [5.74, 6) is 1.97. The number of benzene rings is 1. The van der Waals surface area contributed by atoms with Crippen molar-refractivity contribution in [3.63, 3.8) is 0 Å². The maximum Gasteiger partial charge on any atom is 0.193 e. The largest absolute Gasteiger partial charge is 0.357 e. The summed E-state index contributed by atoms with van der Waals surface area (Å²) in [5, 5.41) is 3.44. The average molecular weight is 511 g/mol. The van der Waals surface area contributed by atoms with E-state index in [2.05, 4.69) is 74.8 Å². The summed E-state index contributed by atoms with van der Waals surface area (Å²) in [6.45, 7) is 3.79. The molecule has 1 aliphatic rings. The molecule has 152 valence electrons. The fourth-order valence-electron chi connectivity index (χ4n) is 3.30. The molecule has 1 saturated heterocycles. The van der Waals surface area contributed by atoms with Crippen LogP contribution >= 0.6 is 35.7 Å². The summed E-state index contributed by atoms with van der Waals surface area (Å²) in [6, 6.07) is 13.0. The van der Waals surface area contributed by atoms with Crippen LogP contribution in [0.5, 0.6) is 0 Å². The van der Waals surface area contributed by atoms with E-state index in [1.54, 1.807) is 11.8 Å². The van der Waals surface area contributed by atoms with Crippen LogP contribution in [-0.2, 0) is 13.1 Å². The van der Waals surface area contributed by atoms with Gasteiger partial charge in [0.15, 0.2) is 5.96 Å². The van der Waals surface area contributed by atoms with Gasteiger partial charge in [0.1, 0.15) is 5.82 Å². The molecule has 2 heterocycles. The summed E-state index contributed by atoms with van der Waals surface area (Å²) >= 11 is 1.76. The Morgan fingerprint density at radius 3 is 2.39 bits per heavy atom.